The highest BCUT2D eigenvalue weighted by Gasteiger charge is 2.07. The summed E-state index contributed by atoms with van der Waals surface area (Å²) >= 11 is 5.89. The molecule has 0 aliphatic carbocycles. The van der Waals surface area contributed by atoms with Crippen LogP contribution in [0.1, 0.15) is 26.1 Å². The van der Waals surface area contributed by atoms with Gasteiger partial charge in [-0.25, -0.2) is 14.6 Å². The van der Waals surface area contributed by atoms with Gasteiger partial charge in [-0.15, -0.1) is 0 Å². The fraction of sp³-hybridized carbons (Fsp3) is 0.462. The Morgan fingerprint density at radius 1 is 1.35 bits per heavy atom. The van der Waals surface area contributed by atoms with E-state index in [9.17, 15) is 0 Å². The van der Waals surface area contributed by atoms with Crippen LogP contribution in [0.3, 0.4) is 0 Å². The molecule has 2 heterocycles. The average molecular weight is 296 g/mol. The molecule has 0 radical (unpaired) electrons. The number of hydrogen-bond acceptors (Lipinski definition) is 5. The lowest BCUT2D eigenvalue weighted by molar-refractivity contribution is 0.128. The first-order valence-corrected chi connectivity index (χ1v) is 7.00. The van der Waals surface area contributed by atoms with Gasteiger partial charge in [0.05, 0.1) is 17.4 Å². The summed E-state index contributed by atoms with van der Waals surface area (Å²) in [5, 5.41) is 7.97. The molecule has 2 rings (SSSR count). The highest BCUT2D eigenvalue weighted by atomic mass is 35.5. The molecule has 0 unspecified atom stereocenters. The Bertz CT molecular complexity index is 531. The molecule has 6 nitrogen and oxygen atoms in total. The van der Waals surface area contributed by atoms with E-state index >= 15 is 0 Å². The number of halogens is 1. The van der Waals surface area contributed by atoms with E-state index in [4.69, 9.17) is 16.3 Å². The Hall–Kier alpha value is -1.66. The topological polar surface area (TPSA) is 64.9 Å². The van der Waals surface area contributed by atoms with Crippen LogP contribution in [0, 0.1) is 0 Å². The number of ether oxygens (including phenoxy) is 1. The number of aromatic nitrogens is 4. The zero-order chi connectivity index (χ0) is 14.4. The van der Waals surface area contributed by atoms with Crippen molar-refractivity contribution in [2.45, 2.75) is 26.9 Å². The SMILES string of the molecule is CCCNc1cc(-n2cc(Cl)cn2)nc(COCC)n1. The Balaban J connectivity index is 2.29. The zero-order valence-electron chi connectivity index (χ0n) is 11.6. The predicted octanol–water partition coefficient (Wildman–Crippen LogP) is 2.67. The van der Waals surface area contributed by atoms with Gasteiger partial charge in [0.1, 0.15) is 12.4 Å². The normalized spacial score (nSPS) is 10.8. The molecule has 20 heavy (non-hydrogen) atoms. The van der Waals surface area contributed by atoms with Crippen molar-refractivity contribution < 1.29 is 4.74 Å². The maximum atomic E-state index is 5.89. The Morgan fingerprint density at radius 2 is 2.20 bits per heavy atom. The highest BCUT2D eigenvalue weighted by molar-refractivity contribution is 6.30. The second-order valence-corrected chi connectivity index (χ2v) is 4.63. The zero-order valence-corrected chi connectivity index (χ0v) is 12.4. The second kappa shape index (κ2) is 7.21. The molecule has 0 atom stereocenters. The van der Waals surface area contributed by atoms with Crippen LogP contribution in [0.4, 0.5) is 5.82 Å². The molecule has 7 heteroatoms. The Labute approximate surface area is 123 Å². The number of nitrogens with zero attached hydrogens (tertiary/aromatic N) is 4. The number of rotatable bonds is 7. The third kappa shape index (κ3) is 3.91. The summed E-state index contributed by atoms with van der Waals surface area (Å²) in [5.74, 6) is 2.05. The maximum Gasteiger partial charge on any atom is 0.159 e. The van der Waals surface area contributed by atoms with Crippen molar-refractivity contribution in [3.8, 4) is 5.82 Å². The molecule has 2 aromatic heterocycles. The molecular formula is C13H18ClN5O. The summed E-state index contributed by atoms with van der Waals surface area (Å²) in [7, 11) is 0. The minimum Gasteiger partial charge on any atom is -0.374 e. The molecule has 0 saturated carbocycles. The lowest BCUT2D eigenvalue weighted by Crippen LogP contribution is -2.10. The third-order valence-electron chi connectivity index (χ3n) is 2.54. The van der Waals surface area contributed by atoms with E-state index < -0.39 is 0 Å². The van der Waals surface area contributed by atoms with Crippen molar-refractivity contribution in [2.24, 2.45) is 0 Å². The fourth-order valence-corrected chi connectivity index (χ4v) is 1.76. The molecule has 0 bridgehead atoms. The molecule has 0 aliphatic rings. The molecule has 0 aromatic carbocycles. The number of anilines is 1. The van der Waals surface area contributed by atoms with Gasteiger partial charge in [0.25, 0.3) is 0 Å². The van der Waals surface area contributed by atoms with Crippen molar-refractivity contribution in [1.82, 2.24) is 19.7 Å². The van der Waals surface area contributed by atoms with Gasteiger partial charge in [0.15, 0.2) is 11.6 Å². The largest absolute Gasteiger partial charge is 0.374 e. The number of hydrogen-bond donors (Lipinski definition) is 1. The second-order valence-electron chi connectivity index (χ2n) is 4.19. The predicted molar refractivity (Wildman–Crippen MR) is 78.3 cm³/mol. The van der Waals surface area contributed by atoms with Gasteiger partial charge in [0.2, 0.25) is 0 Å². The molecule has 0 amide bonds. The van der Waals surface area contributed by atoms with Crippen LogP contribution < -0.4 is 5.32 Å². The van der Waals surface area contributed by atoms with Gasteiger partial charge in [0, 0.05) is 19.2 Å². The molecule has 0 fully saturated rings. The van der Waals surface area contributed by atoms with Crippen LogP contribution in [0.2, 0.25) is 5.02 Å². The van der Waals surface area contributed by atoms with Crippen molar-refractivity contribution in [3.05, 3.63) is 29.3 Å². The Kier molecular flexibility index (Phi) is 5.31. The van der Waals surface area contributed by atoms with E-state index in [1.165, 1.54) is 0 Å². The minimum atomic E-state index is 0.375. The third-order valence-corrected chi connectivity index (χ3v) is 2.73. The smallest absolute Gasteiger partial charge is 0.159 e. The van der Waals surface area contributed by atoms with Gasteiger partial charge in [-0.2, -0.15) is 5.10 Å². The molecule has 2 aromatic rings. The van der Waals surface area contributed by atoms with E-state index in [2.05, 4.69) is 27.3 Å². The Morgan fingerprint density at radius 3 is 2.85 bits per heavy atom. The molecule has 0 aliphatic heterocycles. The molecule has 1 N–H and O–H groups in total. The first kappa shape index (κ1) is 14.7. The minimum absolute atomic E-state index is 0.375. The van der Waals surface area contributed by atoms with Gasteiger partial charge >= 0.3 is 0 Å². The summed E-state index contributed by atoms with van der Waals surface area (Å²) in [6.45, 7) is 5.89. The van der Waals surface area contributed by atoms with Crippen LogP contribution >= 0.6 is 11.6 Å². The van der Waals surface area contributed by atoms with Crippen LogP contribution in [-0.4, -0.2) is 32.9 Å². The van der Waals surface area contributed by atoms with Crippen molar-refractivity contribution in [2.75, 3.05) is 18.5 Å². The molecule has 0 spiro atoms. The monoisotopic (exact) mass is 295 g/mol. The van der Waals surface area contributed by atoms with Crippen molar-refractivity contribution in [1.29, 1.82) is 0 Å². The summed E-state index contributed by atoms with van der Waals surface area (Å²) in [6, 6.07) is 1.84. The van der Waals surface area contributed by atoms with Crippen molar-refractivity contribution >= 4 is 17.4 Å². The van der Waals surface area contributed by atoms with Gasteiger partial charge in [-0.1, -0.05) is 18.5 Å². The van der Waals surface area contributed by atoms with E-state index in [1.807, 2.05) is 13.0 Å². The quantitative estimate of drug-likeness (QED) is 0.851. The van der Waals surface area contributed by atoms with Gasteiger partial charge in [-0.3, -0.25) is 0 Å². The molecule has 0 saturated heterocycles. The number of nitrogens with one attached hydrogen (secondary N) is 1. The van der Waals surface area contributed by atoms with E-state index in [0.717, 1.165) is 18.8 Å². The standard InChI is InChI=1S/C13H18ClN5O/c1-3-5-15-11-6-13(19-8-10(14)7-16-19)18-12(17-11)9-20-4-2/h6-8H,3-5,9H2,1-2H3,(H,15,17,18). The van der Waals surface area contributed by atoms with E-state index in [1.54, 1.807) is 17.1 Å². The first-order chi connectivity index (χ1) is 9.72. The van der Waals surface area contributed by atoms with Gasteiger partial charge < -0.3 is 10.1 Å². The summed E-state index contributed by atoms with van der Waals surface area (Å²) in [6.07, 6.45) is 4.30. The lowest BCUT2D eigenvalue weighted by Gasteiger charge is -2.09. The molecule has 108 valence electrons. The first-order valence-electron chi connectivity index (χ1n) is 6.63. The lowest BCUT2D eigenvalue weighted by atomic mass is 10.4. The average Bonchev–Trinajstić information content (AvgIpc) is 2.89. The van der Waals surface area contributed by atoms with Crippen LogP contribution in [0.5, 0.6) is 0 Å². The maximum absolute atomic E-state index is 5.89. The van der Waals surface area contributed by atoms with Gasteiger partial charge in [-0.05, 0) is 13.3 Å². The summed E-state index contributed by atoms with van der Waals surface area (Å²) in [5.41, 5.74) is 0. The molecular weight excluding hydrogens is 278 g/mol. The van der Waals surface area contributed by atoms with E-state index in [-0.39, 0.29) is 0 Å². The van der Waals surface area contributed by atoms with Crippen LogP contribution in [0.25, 0.3) is 5.82 Å². The fourth-order valence-electron chi connectivity index (χ4n) is 1.63. The van der Waals surface area contributed by atoms with E-state index in [0.29, 0.717) is 29.9 Å². The van der Waals surface area contributed by atoms with Crippen molar-refractivity contribution in [3.63, 3.8) is 0 Å². The van der Waals surface area contributed by atoms with Crippen LogP contribution in [-0.2, 0) is 11.3 Å². The van der Waals surface area contributed by atoms with Crippen LogP contribution in [0.15, 0.2) is 18.5 Å². The summed E-state index contributed by atoms with van der Waals surface area (Å²) < 4.78 is 6.99. The summed E-state index contributed by atoms with van der Waals surface area (Å²) in [4.78, 5) is 8.85. The highest BCUT2D eigenvalue weighted by Crippen LogP contribution is 2.14.